The molecule has 0 fully saturated rings. The molecule has 2 heterocycles. The fraction of sp³-hybridized carbons (Fsp3) is 0.200. The van der Waals surface area contributed by atoms with Gasteiger partial charge in [0.15, 0.2) is 0 Å². The van der Waals surface area contributed by atoms with E-state index in [2.05, 4.69) is 51.2 Å². The maximum Gasteiger partial charge on any atom is 0.0890 e. The van der Waals surface area contributed by atoms with Gasteiger partial charge in [0.25, 0.3) is 0 Å². The second-order valence-electron chi connectivity index (χ2n) is 4.35. The van der Waals surface area contributed by atoms with Crippen LogP contribution in [0.3, 0.4) is 0 Å². The van der Waals surface area contributed by atoms with Crippen molar-refractivity contribution in [1.82, 2.24) is 15.3 Å². The summed E-state index contributed by atoms with van der Waals surface area (Å²) in [5.74, 6) is 0. The molecule has 1 N–H and O–H groups in total. The SMILES string of the molecule is CCNC(c1ccsc1)c1ccc2nccnc2c1. The first-order valence-electron chi connectivity index (χ1n) is 6.34. The maximum absolute atomic E-state index is 4.38. The molecule has 2 aromatic heterocycles. The summed E-state index contributed by atoms with van der Waals surface area (Å²) >= 11 is 1.72. The Morgan fingerprint density at radius 1 is 1.11 bits per heavy atom. The molecule has 0 amide bonds. The van der Waals surface area contributed by atoms with Crippen LogP contribution in [-0.4, -0.2) is 16.5 Å². The van der Waals surface area contributed by atoms with E-state index in [1.54, 1.807) is 23.7 Å². The van der Waals surface area contributed by atoms with Crippen LogP contribution in [0.4, 0.5) is 0 Å². The first-order chi connectivity index (χ1) is 9.38. The molecule has 1 unspecified atom stereocenters. The van der Waals surface area contributed by atoms with Gasteiger partial charge in [0.1, 0.15) is 0 Å². The van der Waals surface area contributed by atoms with E-state index < -0.39 is 0 Å². The Bertz CT molecular complexity index is 664. The Kier molecular flexibility index (Phi) is 3.53. The third-order valence-electron chi connectivity index (χ3n) is 3.11. The fourth-order valence-electron chi connectivity index (χ4n) is 2.23. The van der Waals surface area contributed by atoms with Gasteiger partial charge in [-0.3, -0.25) is 9.97 Å². The van der Waals surface area contributed by atoms with E-state index in [1.165, 1.54) is 11.1 Å². The molecular weight excluding hydrogens is 254 g/mol. The molecular formula is C15H15N3S. The van der Waals surface area contributed by atoms with E-state index in [9.17, 15) is 0 Å². The lowest BCUT2D eigenvalue weighted by Crippen LogP contribution is -2.21. The number of nitrogens with one attached hydrogen (secondary N) is 1. The van der Waals surface area contributed by atoms with Gasteiger partial charge in [0, 0.05) is 12.4 Å². The summed E-state index contributed by atoms with van der Waals surface area (Å²) in [5.41, 5.74) is 4.41. The molecule has 3 aromatic rings. The Morgan fingerprint density at radius 3 is 2.68 bits per heavy atom. The van der Waals surface area contributed by atoms with Crippen molar-refractivity contribution in [3.8, 4) is 0 Å². The standard InChI is InChI=1S/C15H15N3S/c1-2-16-15(12-5-8-19-10-12)11-3-4-13-14(9-11)18-7-6-17-13/h3-10,15-16H,2H2,1H3. The van der Waals surface area contributed by atoms with Crippen LogP contribution in [-0.2, 0) is 0 Å². The Morgan fingerprint density at radius 2 is 1.95 bits per heavy atom. The monoisotopic (exact) mass is 269 g/mol. The van der Waals surface area contributed by atoms with Crippen molar-refractivity contribution in [2.75, 3.05) is 6.54 Å². The lowest BCUT2D eigenvalue weighted by atomic mass is 10.0. The molecule has 96 valence electrons. The van der Waals surface area contributed by atoms with Gasteiger partial charge in [-0.15, -0.1) is 0 Å². The molecule has 0 aliphatic rings. The molecule has 0 saturated heterocycles. The third kappa shape index (κ3) is 2.50. The van der Waals surface area contributed by atoms with E-state index in [4.69, 9.17) is 0 Å². The molecule has 0 aliphatic carbocycles. The zero-order chi connectivity index (χ0) is 13.1. The van der Waals surface area contributed by atoms with Crippen LogP contribution in [0.2, 0.25) is 0 Å². The highest BCUT2D eigenvalue weighted by atomic mass is 32.1. The summed E-state index contributed by atoms with van der Waals surface area (Å²) in [4.78, 5) is 8.69. The first-order valence-corrected chi connectivity index (χ1v) is 7.29. The highest BCUT2D eigenvalue weighted by Gasteiger charge is 2.13. The fourth-order valence-corrected chi connectivity index (χ4v) is 2.92. The van der Waals surface area contributed by atoms with Crippen molar-refractivity contribution in [1.29, 1.82) is 0 Å². The molecule has 0 bridgehead atoms. The molecule has 0 aliphatic heterocycles. The molecule has 1 atom stereocenters. The summed E-state index contributed by atoms with van der Waals surface area (Å²) in [6.07, 6.45) is 3.46. The molecule has 0 saturated carbocycles. The minimum absolute atomic E-state index is 0.225. The largest absolute Gasteiger partial charge is 0.307 e. The third-order valence-corrected chi connectivity index (χ3v) is 3.81. The lowest BCUT2D eigenvalue weighted by Gasteiger charge is -2.17. The van der Waals surface area contributed by atoms with Crippen LogP contribution in [0.5, 0.6) is 0 Å². The minimum Gasteiger partial charge on any atom is -0.307 e. The maximum atomic E-state index is 4.38. The van der Waals surface area contributed by atoms with E-state index in [0.29, 0.717) is 0 Å². The van der Waals surface area contributed by atoms with Crippen LogP contribution in [0.1, 0.15) is 24.1 Å². The van der Waals surface area contributed by atoms with Crippen LogP contribution in [0, 0.1) is 0 Å². The van der Waals surface area contributed by atoms with E-state index >= 15 is 0 Å². The predicted molar refractivity (Wildman–Crippen MR) is 79.4 cm³/mol. The normalized spacial score (nSPS) is 12.7. The van der Waals surface area contributed by atoms with Gasteiger partial charge in [-0.05, 0) is 46.6 Å². The number of fused-ring (bicyclic) bond motifs is 1. The Labute approximate surface area is 116 Å². The zero-order valence-electron chi connectivity index (χ0n) is 10.7. The highest BCUT2D eigenvalue weighted by molar-refractivity contribution is 7.08. The second-order valence-corrected chi connectivity index (χ2v) is 5.13. The van der Waals surface area contributed by atoms with E-state index in [-0.39, 0.29) is 6.04 Å². The van der Waals surface area contributed by atoms with Crippen LogP contribution in [0.25, 0.3) is 11.0 Å². The van der Waals surface area contributed by atoms with Gasteiger partial charge in [-0.2, -0.15) is 11.3 Å². The first kappa shape index (κ1) is 12.3. The van der Waals surface area contributed by atoms with Crippen molar-refractivity contribution >= 4 is 22.4 Å². The number of aromatic nitrogens is 2. The van der Waals surface area contributed by atoms with Gasteiger partial charge < -0.3 is 5.32 Å². The summed E-state index contributed by atoms with van der Waals surface area (Å²) < 4.78 is 0. The smallest absolute Gasteiger partial charge is 0.0890 e. The topological polar surface area (TPSA) is 37.8 Å². The summed E-state index contributed by atoms with van der Waals surface area (Å²) in [6, 6.07) is 8.67. The second kappa shape index (κ2) is 5.47. The van der Waals surface area contributed by atoms with Crippen molar-refractivity contribution < 1.29 is 0 Å². The molecule has 3 nitrogen and oxygen atoms in total. The van der Waals surface area contributed by atoms with E-state index in [0.717, 1.165) is 17.6 Å². The lowest BCUT2D eigenvalue weighted by molar-refractivity contribution is 0.633. The van der Waals surface area contributed by atoms with Crippen LogP contribution < -0.4 is 5.32 Å². The molecule has 0 spiro atoms. The molecule has 3 rings (SSSR count). The van der Waals surface area contributed by atoms with Gasteiger partial charge in [-0.1, -0.05) is 13.0 Å². The molecule has 19 heavy (non-hydrogen) atoms. The van der Waals surface area contributed by atoms with Crippen molar-refractivity contribution in [2.45, 2.75) is 13.0 Å². The highest BCUT2D eigenvalue weighted by Crippen LogP contribution is 2.25. The number of hydrogen-bond acceptors (Lipinski definition) is 4. The van der Waals surface area contributed by atoms with Crippen molar-refractivity contribution in [2.24, 2.45) is 0 Å². The Hall–Kier alpha value is -1.78. The number of nitrogens with zero attached hydrogens (tertiary/aromatic N) is 2. The van der Waals surface area contributed by atoms with Crippen LogP contribution in [0.15, 0.2) is 47.4 Å². The number of thiophene rings is 1. The van der Waals surface area contributed by atoms with Gasteiger partial charge in [-0.25, -0.2) is 0 Å². The average molecular weight is 269 g/mol. The van der Waals surface area contributed by atoms with Crippen molar-refractivity contribution in [3.05, 3.63) is 58.5 Å². The van der Waals surface area contributed by atoms with Gasteiger partial charge in [0.05, 0.1) is 17.1 Å². The molecule has 0 radical (unpaired) electrons. The minimum atomic E-state index is 0.225. The van der Waals surface area contributed by atoms with Crippen LogP contribution >= 0.6 is 11.3 Å². The van der Waals surface area contributed by atoms with Gasteiger partial charge >= 0.3 is 0 Å². The zero-order valence-corrected chi connectivity index (χ0v) is 11.5. The average Bonchev–Trinajstić information content (AvgIpc) is 2.98. The predicted octanol–water partition coefficient (Wildman–Crippen LogP) is 3.39. The quantitative estimate of drug-likeness (QED) is 0.789. The molecule has 4 heteroatoms. The number of benzene rings is 1. The van der Waals surface area contributed by atoms with E-state index in [1.807, 2.05) is 6.07 Å². The summed E-state index contributed by atoms with van der Waals surface area (Å²) in [5, 5.41) is 7.82. The molecule has 1 aromatic carbocycles. The van der Waals surface area contributed by atoms with Crippen molar-refractivity contribution in [3.63, 3.8) is 0 Å². The number of rotatable bonds is 4. The van der Waals surface area contributed by atoms with Gasteiger partial charge in [0.2, 0.25) is 0 Å². The Balaban J connectivity index is 2.05. The summed E-state index contributed by atoms with van der Waals surface area (Å²) in [6.45, 7) is 3.05. The summed E-state index contributed by atoms with van der Waals surface area (Å²) in [7, 11) is 0. The number of hydrogen-bond donors (Lipinski definition) is 1.